The van der Waals surface area contributed by atoms with E-state index in [4.69, 9.17) is 5.73 Å². The van der Waals surface area contributed by atoms with Crippen LogP contribution >= 0.6 is 0 Å². The van der Waals surface area contributed by atoms with E-state index in [1.54, 1.807) is 24.4 Å². The number of fused-ring (bicyclic) bond motifs is 1. The number of carbonyl (C=O) groups excluding carboxylic acids is 1. The molecule has 1 saturated heterocycles. The molecule has 35 heavy (non-hydrogen) atoms. The number of nitrogens with two attached hydrogens (primary N) is 1. The molecule has 3 N–H and O–H groups in total. The van der Waals surface area contributed by atoms with E-state index in [-0.39, 0.29) is 5.92 Å². The number of pyridine rings is 2. The second-order valence-corrected chi connectivity index (χ2v) is 8.58. The Morgan fingerprint density at radius 1 is 1.17 bits per heavy atom. The first-order valence-corrected chi connectivity index (χ1v) is 11.0. The molecule has 1 unspecified atom stereocenters. The molecule has 0 aliphatic carbocycles. The number of H-pyrrole nitrogens is 1. The van der Waals surface area contributed by atoms with Crippen molar-refractivity contribution in [3.8, 4) is 11.3 Å². The molecule has 4 aromatic rings. The minimum atomic E-state index is -4.24. The molecule has 1 aliphatic rings. The van der Waals surface area contributed by atoms with Crippen LogP contribution in [0.1, 0.15) is 39.5 Å². The van der Waals surface area contributed by atoms with Gasteiger partial charge in [0.25, 0.3) is 0 Å². The Hall–Kier alpha value is -3.79. The van der Waals surface area contributed by atoms with E-state index in [2.05, 4.69) is 25.1 Å². The van der Waals surface area contributed by atoms with Gasteiger partial charge >= 0.3 is 6.18 Å². The van der Waals surface area contributed by atoms with Gasteiger partial charge in [0.15, 0.2) is 5.65 Å². The van der Waals surface area contributed by atoms with Crippen molar-refractivity contribution in [3.63, 3.8) is 0 Å². The van der Waals surface area contributed by atoms with Crippen molar-refractivity contribution in [2.75, 3.05) is 20.1 Å². The second-order valence-electron chi connectivity index (χ2n) is 8.58. The molecule has 1 aliphatic heterocycles. The van der Waals surface area contributed by atoms with E-state index in [9.17, 15) is 18.0 Å². The Kier molecular flexibility index (Phi) is 6.83. The number of nitrogens with zero attached hydrogens (tertiary/aromatic N) is 4. The summed E-state index contributed by atoms with van der Waals surface area (Å²) in [5, 5.41) is 7.81. The number of likely N-dealkylation sites (tertiary alicyclic amines) is 1. The number of likely N-dealkylation sites (N-methyl/N-ethyl adjacent to an activating group) is 1. The number of aromatic nitrogens is 4. The maximum atomic E-state index is 12.8. The monoisotopic (exact) mass is 482 g/mol. The van der Waals surface area contributed by atoms with Gasteiger partial charge in [-0.05, 0) is 62.7 Å². The van der Waals surface area contributed by atoms with Crippen molar-refractivity contribution in [1.29, 1.82) is 0 Å². The number of primary amides is 1. The third-order valence-corrected chi connectivity index (χ3v) is 5.98. The number of benzene rings is 1. The standard InChI is InChI=1S/C13H11N5O.C12H14F3N/c1-7-4-8(2-3-15-7)11-10-5-9(12(14)19)6-16-13(10)18-17-11;1-16-7-6-9(8-16)10-4-2-3-5-11(10)12(13,14)15/h2-6H,1H3,(H2,14,19)(H,16,17,18);2-5,9H,6-8H2,1H3. The van der Waals surface area contributed by atoms with Gasteiger partial charge in [-0.3, -0.25) is 14.9 Å². The van der Waals surface area contributed by atoms with Gasteiger partial charge in [0.2, 0.25) is 5.91 Å². The zero-order chi connectivity index (χ0) is 25.2. The van der Waals surface area contributed by atoms with Crippen LogP contribution in [-0.2, 0) is 6.18 Å². The van der Waals surface area contributed by atoms with Gasteiger partial charge in [0, 0.05) is 35.6 Å². The van der Waals surface area contributed by atoms with Crippen molar-refractivity contribution < 1.29 is 18.0 Å². The fraction of sp³-hybridized carbons (Fsp3) is 0.280. The molecule has 0 saturated carbocycles. The summed E-state index contributed by atoms with van der Waals surface area (Å²) in [7, 11) is 1.94. The lowest BCUT2D eigenvalue weighted by atomic mass is 9.93. The number of carbonyl (C=O) groups is 1. The molecule has 1 fully saturated rings. The molecule has 1 atom stereocenters. The van der Waals surface area contributed by atoms with Crippen LogP contribution < -0.4 is 5.73 Å². The molecule has 10 heteroatoms. The quantitative estimate of drug-likeness (QED) is 0.446. The molecule has 7 nitrogen and oxygen atoms in total. The van der Waals surface area contributed by atoms with Crippen LogP contribution in [0.15, 0.2) is 54.9 Å². The Bertz CT molecular complexity index is 1350. The number of halogens is 3. The summed E-state index contributed by atoms with van der Waals surface area (Å²) >= 11 is 0. The maximum Gasteiger partial charge on any atom is 0.416 e. The van der Waals surface area contributed by atoms with E-state index in [0.29, 0.717) is 23.3 Å². The highest BCUT2D eigenvalue weighted by molar-refractivity contribution is 5.99. The topological polar surface area (TPSA) is 101 Å². The Morgan fingerprint density at radius 2 is 1.94 bits per heavy atom. The first-order valence-electron chi connectivity index (χ1n) is 11.0. The second kappa shape index (κ2) is 9.83. The van der Waals surface area contributed by atoms with Crippen LogP contribution in [0.3, 0.4) is 0 Å². The van der Waals surface area contributed by atoms with E-state index in [1.165, 1.54) is 18.3 Å². The number of alkyl halides is 3. The molecule has 1 amide bonds. The predicted molar refractivity (Wildman–Crippen MR) is 127 cm³/mol. The van der Waals surface area contributed by atoms with Crippen molar-refractivity contribution in [2.24, 2.45) is 5.73 Å². The summed E-state index contributed by atoms with van der Waals surface area (Å²) in [6.07, 6.45) is -0.281. The Balaban J connectivity index is 0.000000168. The number of aryl methyl sites for hydroxylation is 1. The molecule has 0 spiro atoms. The van der Waals surface area contributed by atoms with Gasteiger partial charge < -0.3 is 10.6 Å². The Labute approximate surface area is 200 Å². The zero-order valence-corrected chi connectivity index (χ0v) is 19.3. The number of amides is 1. The molecule has 3 aromatic heterocycles. The first-order chi connectivity index (χ1) is 16.6. The summed E-state index contributed by atoms with van der Waals surface area (Å²) < 4.78 is 38.4. The fourth-order valence-electron chi connectivity index (χ4n) is 4.26. The van der Waals surface area contributed by atoms with E-state index < -0.39 is 17.6 Å². The van der Waals surface area contributed by atoms with E-state index in [1.807, 2.05) is 26.1 Å². The third kappa shape index (κ3) is 5.48. The summed E-state index contributed by atoms with van der Waals surface area (Å²) in [5.74, 6) is -0.490. The largest absolute Gasteiger partial charge is 0.416 e. The highest BCUT2D eigenvalue weighted by atomic mass is 19.4. The van der Waals surface area contributed by atoms with Crippen LogP contribution in [0.5, 0.6) is 0 Å². The summed E-state index contributed by atoms with van der Waals surface area (Å²) in [4.78, 5) is 21.5. The summed E-state index contributed by atoms with van der Waals surface area (Å²) in [5.41, 5.74) is 8.79. The molecular weight excluding hydrogens is 457 g/mol. The number of aromatic amines is 1. The number of hydrogen-bond acceptors (Lipinski definition) is 5. The maximum absolute atomic E-state index is 12.8. The molecule has 4 heterocycles. The van der Waals surface area contributed by atoms with Gasteiger partial charge in [-0.25, -0.2) is 4.98 Å². The van der Waals surface area contributed by atoms with Crippen molar-refractivity contribution in [2.45, 2.75) is 25.4 Å². The SMILES string of the molecule is CN1CCC(c2ccccc2C(F)(F)F)C1.Cc1cc(-c2[nH]nc3ncc(C(N)=O)cc23)ccn1. The van der Waals surface area contributed by atoms with Gasteiger partial charge in [-0.1, -0.05) is 18.2 Å². The van der Waals surface area contributed by atoms with Crippen LogP contribution in [0, 0.1) is 6.92 Å². The Morgan fingerprint density at radius 3 is 2.60 bits per heavy atom. The van der Waals surface area contributed by atoms with Crippen LogP contribution in [0.2, 0.25) is 0 Å². The predicted octanol–water partition coefficient (Wildman–Crippen LogP) is 4.55. The lowest BCUT2D eigenvalue weighted by Gasteiger charge is -2.17. The van der Waals surface area contributed by atoms with Gasteiger partial charge in [0.1, 0.15) is 0 Å². The summed E-state index contributed by atoms with van der Waals surface area (Å²) in [6, 6.07) is 11.4. The van der Waals surface area contributed by atoms with Gasteiger partial charge in [0.05, 0.1) is 16.8 Å². The van der Waals surface area contributed by atoms with Gasteiger partial charge in [-0.15, -0.1) is 0 Å². The van der Waals surface area contributed by atoms with Crippen molar-refractivity contribution >= 4 is 16.9 Å². The average Bonchev–Trinajstić information content (AvgIpc) is 3.44. The van der Waals surface area contributed by atoms with E-state index >= 15 is 0 Å². The van der Waals surface area contributed by atoms with Crippen LogP contribution in [0.25, 0.3) is 22.3 Å². The van der Waals surface area contributed by atoms with Crippen molar-refractivity contribution in [1.82, 2.24) is 25.1 Å². The highest BCUT2D eigenvalue weighted by Crippen LogP contribution is 2.37. The van der Waals surface area contributed by atoms with Crippen LogP contribution in [-0.4, -0.2) is 51.1 Å². The molecular formula is C25H25F3N6O. The molecule has 0 bridgehead atoms. The average molecular weight is 483 g/mol. The van der Waals surface area contributed by atoms with E-state index in [0.717, 1.165) is 35.3 Å². The van der Waals surface area contributed by atoms with Crippen molar-refractivity contribution in [3.05, 3.63) is 77.2 Å². The molecule has 1 aromatic carbocycles. The lowest BCUT2D eigenvalue weighted by Crippen LogP contribution is -2.16. The molecule has 182 valence electrons. The zero-order valence-electron chi connectivity index (χ0n) is 19.3. The molecule has 5 rings (SSSR count). The fourth-order valence-corrected chi connectivity index (χ4v) is 4.26. The number of hydrogen-bond donors (Lipinski definition) is 2. The number of nitrogens with one attached hydrogen (secondary N) is 1. The van der Waals surface area contributed by atoms with Crippen LogP contribution in [0.4, 0.5) is 13.2 Å². The lowest BCUT2D eigenvalue weighted by molar-refractivity contribution is -0.138. The summed E-state index contributed by atoms with van der Waals surface area (Å²) in [6.45, 7) is 3.50. The normalized spacial score (nSPS) is 16.2. The first kappa shape index (κ1) is 24.3. The highest BCUT2D eigenvalue weighted by Gasteiger charge is 2.36. The minimum absolute atomic E-state index is 0.0165. The minimum Gasteiger partial charge on any atom is -0.366 e. The number of rotatable bonds is 3. The third-order valence-electron chi connectivity index (χ3n) is 5.98. The smallest absolute Gasteiger partial charge is 0.366 e. The molecule has 0 radical (unpaired) electrons. The van der Waals surface area contributed by atoms with Gasteiger partial charge in [-0.2, -0.15) is 18.3 Å².